The quantitative estimate of drug-likeness (QED) is 0.542. The summed E-state index contributed by atoms with van der Waals surface area (Å²) < 4.78 is 3.49. The van der Waals surface area contributed by atoms with Crippen molar-refractivity contribution in [2.45, 2.75) is 13.0 Å². The molecule has 158 valence electrons. The van der Waals surface area contributed by atoms with Gasteiger partial charge in [0.25, 0.3) is 5.56 Å². The van der Waals surface area contributed by atoms with Gasteiger partial charge in [-0.3, -0.25) is 14.4 Å². The Labute approximate surface area is 191 Å². The Morgan fingerprint density at radius 1 is 0.933 bits per heavy atom. The zero-order valence-electron chi connectivity index (χ0n) is 16.9. The van der Waals surface area contributed by atoms with Crippen LogP contribution in [0.2, 0.25) is 15.1 Å². The van der Waals surface area contributed by atoms with Crippen LogP contribution in [0.3, 0.4) is 0 Å². The number of anilines is 1. The Kier molecular flexibility index (Phi) is 6.16. The molecule has 1 aromatic heterocycles. The van der Waals surface area contributed by atoms with Crippen LogP contribution in [-0.2, 0) is 7.05 Å². The van der Waals surface area contributed by atoms with Crippen LogP contribution < -0.4 is 10.5 Å². The summed E-state index contributed by atoms with van der Waals surface area (Å²) in [6, 6.07) is 15.1. The molecule has 1 fully saturated rings. The maximum atomic E-state index is 12.9. The molecule has 0 aliphatic carbocycles. The second kappa shape index (κ2) is 8.67. The van der Waals surface area contributed by atoms with Gasteiger partial charge in [0.1, 0.15) is 5.02 Å². The van der Waals surface area contributed by atoms with Gasteiger partial charge in [0.15, 0.2) is 0 Å². The van der Waals surface area contributed by atoms with Crippen molar-refractivity contribution >= 4 is 40.5 Å². The van der Waals surface area contributed by atoms with E-state index in [0.29, 0.717) is 10.0 Å². The van der Waals surface area contributed by atoms with E-state index in [9.17, 15) is 4.79 Å². The average molecular weight is 466 g/mol. The topological polar surface area (TPSA) is 33.4 Å². The van der Waals surface area contributed by atoms with E-state index in [-0.39, 0.29) is 16.6 Å². The van der Waals surface area contributed by atoms with Crippen molar-refractivity contribution in [2.24, 2.45) is 7.05 Å². The van der Waals surface area contributed by atoms with E-state index in [1.807, 2.05) is 54.2 Å². The SMILES string of the molecule is CC(c1c(Cl)c(=O)n(-c2ccccc2)n1C)N1CCN(c2cc(Cl)ccc2Cl)CC1. The fourth-order valence-corrected chi connectivity index (χ4v) is 4.92. The molecule has 30 heavy (non-hydrogen) atoms. The van der Waals surface area contributed by atoms with Gasteiger partial charge >= 0.3 is 0 Å². The minimum Gasteiger partial charge on any atom is -0.368 e. The van der Waals surface area contributed by atoms with Crippen LogP contribution in [0.4, 0.5) is 5.69 Å². The molecule has 0 amide bonds. The Bertz CT molecular complexity index is 1100. The first-order valence-electron chi connectivity index (χ1n) is 9.85. The molecule has 0 bridgehead atoms. The fraction of sp³-hybridized carbons (Fsp3) is 0.318. The summed E-state index contributed by atoms with van der Waals surface area (Å²) in [5, 5.41) is 1.65. The average Bonchev–Trinajstić information content (AvgIpc) is 2.98. The summed E-state index contributed by atoms with van der Waals surface area (Å²) in [5.74, 6) is 0. The monoisotopic (exact) mass is 464 g/mol. The Balaban J connectivity index is 1.56. The van der Waals surface area contributed by atoms with Crippen LogP contribution in [0, 0.1) is 0 Å². The second-order valence-corrected chi connectivity index (χ2v) is 8.69. The number of para-hydroxylation sites is 1. The Morgan fingerprint density at radius 3 is 2.27 bits per heavy atom. The molecule has 0 spiro atoms. The number of piperazine rings is 1. The molecule has 8 heteroatoms. The second-order valence-electron chi connectivity index (χ2n) is 7.47. The predicted octanol–water partition coefficient (Wildman–Crippen LogP) is 5.02. The number of rotatable bonds is 4. The van der Waals surface area contributed by atoms with Crippen molar-refractivity contribution in [3.8, 4) is 5.69 Å². The van der Waals surface area contributed by atoms with Gasteiger partial charge in [0.05, 0.1) is 28.1 Å². The van der Waals surface area contributed by atoms with Crippen molar-refractivity contribution in [3.05, 3.63) is 79.6 Å². The largest absolute Gasteiger partial charge is 0.368 e. The third-order valence-electron chi connectivity index (χ3n) is 5.76. The van der Waals surface area contributed by atoms with Crippen LogP contribution in [0.5, 0.6) is 0 Å². The van der Waals surface area contributed by atoms with Gasteiger partial charge in [0.2, 0.25) is 0 Å². The van der Waals surface area contributed by atoms with Gasteiger partial charge in [-0.15, -0.1) is 0 Å². The van der Waals surface area contributed by atoms with Gasteiger partial charge in [0, 0.05) is 38.2 Å². The van der Waals surface area contributed by atoms with Crippen molar-refractivity contribution < 1.29 is 0 Å². The van der Waals surface area contributed by atoms with Crippen molar-refractivity contribution in [1.82, 2.24) is 14.3 Å². The molecule has 5 nitrogen and oxygen atoms in total. The van der Waals surface area contributed by atoms with Gasteiger partial charge in [-0.05, 0) is 37.3 Å². The lowest BCUT2D eigenvalue weighted by atomic mass is 10.1. The van der Waals surface area contributed by atoms with E-state index < -0.39 is 0 Å². The molecular formula is C22H23Cl3N4O. The number of nitrogens with zero attached hydrogens (tertiary/aromatic N) is 4. The Morgan fingerprint density at radius 2 is 1.60 bits per heavy atom. The van der Waals surface area contributed by atoms with E-state index in [4.69, 9.17) is 34.8 Å². The van der Waals surface area contributed by atoms with E-state index in [1.165, 1.54) is 0 Å². The minimum atomic E-state index is -0.198. The number of hydrogen-bond acceptors (Lipinski definition) is 3. The van der Waals surface area contributed by atoms with Crippen LogP contribution in [0.1, 0.15) is 18.7 Å². The molecule has 1 aliphatic heterocycles. The molecule has 1 atom stereocenters. The summed E-state index contributed by atoms with van der Waals surface area (Å²) in [6.45, 7) is 5.37. The third-order valence-corrected chi connectivity index (χ3v) is 6.67. The van der Waals surface area contributed by atoms with Crippen molar-refractivity contribution in [2.75, 3.05) is 31.1 Å². The van der Waals surface area contributed by atoms with Gasteiger partial charge < -0.3 is 4.90 Å². The van der Waals surface area contributed by atoms with Crippen LogP contribution in [-0.4, -0.2) is 40.4 Å². The highest BCUT2D eigenvalue weighted by Gasteiger charge is 2.29. The van der Waals surface area contributed by atoms with Gasteiger partial charge in [-0.2, -0.15) is 0 Å². The molecule has 3 aromatic rings. The van der Waals surface area contributed by atoms with Crippen molar-refractivity contribution in [1.29, 1.82) is 0 Å². The molecule has 2 heterocycles. The molecule has 4 rings (SSSR count). The zero-order chi connectivity index (χ0) is 21.4. The number of hydrogen-bond donors (Lipinski definition) is 0. The molecule has 1 aliphatic rings. The zero-order valence-corrected chi connectivity index (χ0v) is 19.1. The van der Waals surface area contributed by atoms with Gasteiger partial charge in [-0.1, -0.05) is 53.0 Å². The molecule has 0 radical (unpaired) electrons. The van der Waals surface area contributed by atoms with Crippen LogP contribution in [0.25, 0.3) is 5.69 Å². The smallest absolute Gasteiger partial charge is 0.290 e. The van der Waals surface area contributed by atoms with E-state index in [1.54, 1.807) is 10.7 Å². The molecule has 0 saturated carbocycles. The summed E-state index contributed by atoms with van der Waals surface area (Å²) in [4.78, 5) is 17.4. The number of benzene rings is 2. The summed E-state index contributed by atoms with van der Waals surface area (Å²) >= 11 is 19.0. The first kappa shape index (κ1) is 21.3. The highest BCUT2D eigenvalue weighted by molar-refractivity contribution is 6.35. The highest BCUT2D eigenvalue weighted by atomic mass is 35.5. The van der Waals surface area contributed by atoms with Gasteiger partial charge in [-0.25, -0.2) is 4.68 Å². The summed E-state index contributed by atoms with van der Waals surface area (Å²) in [6.07, 6.45) is 0. The molecule has 1 unspecified atom stereocenters. The van der Waals surface area contributed by atoms with E-state index in [0.717, 1.165) is 43.2 Å². The standard InChI is InChI=1S/C22H23Cl3N4O/c1-15(21-20(25)22(30)29(26(21)2)17-6-4-3-5-7-17)27-10-12-28(13-11-27)19-14-16(23)8-9-18(19)24/h3-9,14-15H,10-13H2,1-2H3. The van der Waals surface area contributed by atoms with Crippen LogP contribution >= 0.6 is 34.8 Å². The number of aromatic nitrogens is 2. The Hall–Kier alpha value is -1.92. The third kappa shape index (κ3) is 3.87. The van der Waals surface area contributed by atoms with E-state index in [2.05, 4.69) is 16.7 Å². The lowest BCUT2D eigenvalue weighted by molar-refractivity contribution is 0.191. The lowest BCUT2D eigenvalue weighted by Gasteiger charge is -2.39. The highest BCUT2D eigenvalue weighted by Crippen LogP contribution is 2.32. The first-order chi connectivity index (χ1) is 14.4. The van der Waals surface area contributed by atoms with E-state index >= 15 is 0 Å². The molecule has 1 saturated heterocycles. The molecular weight excluding hydrogens is 443 g/mol. The fourth-order valence-electron chi connectivity index (χ4n) is 4.15. The predicted molar refractivity (Wildman–Crippen MR) is 125 cm³/mol. The lowest BCUT2D eigenvalue weighted by Crippen LogP contribution is -2.47. The maximum Gasteiger partial charge on any atom is 0.290 e. The summed E-state index contributed by atoms with van der Waals surface area (Å²) in [7, 11) is 1.88. The normalized spacial score (nSPS) is 16.1. The van der Waals surface area contributed by atoms with Crippen molar-refractivity contribution in [3.63, 3.8) is 0 Å². The first-order valence-corrected chi connectivity index (χ1v) is 11.0. The molecule has 0 N–H and O–H groups in total. The minimum absolute atomic E-state index is 0.00264. The summed E-state index contributed by atoms with van der Waals surface area (Å²) in [5.41, 5.74) is 2.37. The maximum absolute atomic E-state index is 12.9. The van der Waals surface area contributed by atoms with Crippen LogP contribution in [0.15, 0.2) is 53.3 Å². The molecule has 2 aromatic carbocycles. The number of halogens is 3.